The number of anilines is 1. The van der Waals surface area contributed by atoms with Gasteiger partial charge in [-0.3, -0.25) is 24.3 Å². The van der Waals surface area contributed by atoms with Crippen molar-refractivity contribution < 1.29 is 18.8 Å². The Bertz CT molecular complexity index is 1110. The first-order valence-corrected chi connectivity index (χ1v) is 11.5. The fourth-order valence-corrected chi connectivity index (χ4v) is 4.21. The highest BCUT2D eigenvalue weighted by Crippen LogP contribution is 2.29. The van der Waals surface area contributed by atoms with Crippen LogP contribution in [-0.2, 0) is 9.59 Å². The van der Waals surface area contributed by atoms with Gasteiger partial charge in [0.1, 0.15) is 6.04 Å². The second kappa shape index (κ2) is 11.0. The smallest absolute Gasteiger partial charge is 0.287 e. The van der Waals surface area contributed by atoms with Crippen molar-refractivity contribution in [1.82, 2.24) is 15.6 Å². The molecule has 0 radical (unpaired) electrons. The van der Waals surface area contributed by atoms with Crippen LogP contribution in [0.3, 0.4) is 0 Å². The summed E-state index contributed by atoms with van der Waals surface area (Å²) in [5.41, 5.74) is 1.02. The number of hydrogen-bond donors (Lipinski definition) is 2. The van der Waals surface area contributed by atoms with Crippen molar-refractivity contribution >= 4 is 35.0 Å². The first-order valence-electron chi connectivity index (χ1n) is 11.1. The van der Waals surface area contributed by atoms with Gasteiger partial charge in [-0.2, -0.15) is 0 Å². The number of rotatable bonds is 8. The lowest BCUT2D eigenvalue weighted by molar-refractivity contribution is -0.126. The van der Waals surface area contributed by atoms with E-state index < -0.39 is 17.9 Å². The minimum atomic E-state index is -0.977. The van der Waals surface area contributed by atoms with Crippen LogP contribution in [0.2, 0.25) is 5.02 Å². The summed E-state index contributed by atoms with van der Waals surface area (Å²) < 4.78 is 5.09. The number of benzene rings is 1. The molecule has 1 aliphatic carbocycles. The Morgan fingerprint density at radius 2 is 1.85 bits per heavy atom. The molecule has 2 aromatic heterocycles. The Hall–Kier alpha value is -3.65. The molecule has 1 saturated carbocycles. The molecule has 0 spiro atoms. The van der Waals surface area contributed by atoms with E-state index in [1.165, 1.54) is 23.4 Å². The van der Waals surface area contributed by atoms with Crippen LogP contribution < -0.4 is 15.5 Å². The minimum Gasteiger partial charge on any atom is -0.459 e. The number of nitrogens with one attached hydrogen (secondary N) is 2. The zero-order chi connectivity index (χ0) is 23.9. The lowest BCUT2D eigenvalue weighted by atomic mass is 10.0. The molecule has 1 aromatic carbocycles. The van der Waals surface area contributed by atoms with E-state index >= 15 is 0 Å². The molecule has 0 aliphatic heterocycles. The van der Waals surface area contributed by atoms with Crippen molar-refractivity contribution in [1.29, 1.82) is 0 Å². The number of carbonyl (C=O) groups excluding carboxylic acids is 3. The van der Waals surface area contributed by atoms with E-state index in [2.05, 4.69) is 15.6 Å². The fraction of sp³-hybridized carbons (Fsp3) is 0.280. The summed E-state index contributed by atoms with van der Waals surface area (Å²) in [4.78, 5) is 44.9. The second-order valence-electron chi connectivity index (χ2n) is 8.08. The Labute approximate surface area is 202 Å². The van der Waals surface area contributed by atoms with E-state index in [1.807, 2.05) is 0 Å². The molecule has 176 valence electrons. The monoisotopic (exact) mass is 480 g/mol. The van der Waals surface area contributed by atoms with Gasteiger partial charge in [0.2, 0.25) is 11.8 Å². The number of furan rings is 1. The van der Waals surface area contributed by atoms with Gasteiger partial charge in [-0.15, -0.1) is 0 Å². The lowest BCUT2D eigenvalue weighted by Crippen LogP contribution is -2.49. The van der Waals surface area contributed by atoms with Crippen molar-refractivity contribution in [3.05, 3.63) is 83.5 Å². The maximum Gasteiger partial charge on any atom is 0.287 e. The zero-order valence-corrected chi connectivity index (χ0v) is 19.2. The number of aromatic nitrogens is 1. The third-order valence-electron chi connectivity index (χ3n) is 5.73. The summed E-state index contributed by atoms with van der Waals surface area (Å²) in [6.45, 7) is -0.338. The van der Waals surface area contributed by atoms with Crippen molar-refractivity contribution in [2.45, 2.75) is 37.8 Å². The summed E-state index contributed by atoms with van der Waals surface area (Å²) in [5.74, 6) is -1.21. The number of amides is 3. The Kier molecular flexibility index (Phi) is 7.59. The van der Waals surface area contributed by atoms with E-state index in [0.29, 0.717) is 16.3 Å². The Balaban J connectivity index is 1.65. The molecule has 4 rings (SSSR count). The quantitative estimate of drug-likeness (QED) is 0.509. The molecule has 9 heteroatoms. The highest BCUT2D eigenvalue weighted by Gasteiger charge is 2.34. The predicted molar refractivity (Wildman–Crippen MR) is 127 cm³/mol. The van der Waals surface area contributed by atoms with Gasteiger partial charge in [-0.1, -0.05) is 36.6 Å². The fourth-order valence-electron chi connectivity index (χ4n) is 4.08. The van der Waals surface area contributed by atoms with E-state index in [-0.39, 0.29) is 24.3 Å². The number of pyridine rings is 1. The SMILES string of the molecule is O=C(NCC(=O)N(c1cccnc1)[C@H](C(=O)NC1CCCC1)c1ccc(Cl)cc1)c1ccco1. The zero-order valence-electron chi connectivity index (χ0n) is 18.4. The second-order valence-corrected chi connectivity index (χ2v) is 8.52. The maximum absolute atomic E-state index is 13.6. The van der Waals surface area contributed by atoms with Crippen LogP contribution >= 0.6 is 11.6 Å². The molecular weight excluding hydrogens is 456 g/mol. The molecule has 0 unspecified atom stereocenters. The van der Waals surface area contributed by atoms with Crippen molar-refractivity contribution in [2.24, 2.45) is 0 Å². The molecule has 3 amide bonds. The van der Waals surface area contributed by atoms with Crippen LogP contribution in [0.15, 0.2) is 71.6 Å². The highest BCUT2D eigenvalue weighted by molar-refractivity contribution is 6.30. The third kappa shape index (κ3) is 5.63. The standard InChI is InChI=1S/C25H25ClN4O4/c26-18-11-9-17(10-12-18)23(25(33)29-19-5-1-2-6-19)30(20-7-3-13-27-15-20)22(31)16-28-24(32)21-8-4-14-34-21/h3-4,7-15,19,23H,1-2,5-6,16H2,(H,28,32)(H,29,33)/t23-/m0/s1. The summed E-state index contributed by atoms with van der Waals surface area (Å²) >= 11 is 6.08. The van der Waals surface area contributed by atoms with Crippen molar-refractivity contribution in [3.63, 3.8) is 0 Å². The normalized spacial score (nSPS) is 14.4. The molecule has 1 fully saturated rings. The molecule has 0 bridgehead atoms. The lowest BCUT2D eigenvalue weighted by Gasteiger charge is -2.32. The van der Waals surface area contributed by atoms with Crippen molar-refractivity contribution in [2.75, 3.05) is 11.4 Å². The molecule has 8 nitrogen and oxygen atoms in total. The molecule has 3 aromatic rings. The van der Waals surface area contributed by atoms with Crippen LogP contribution in [0.25, 0.3) is 0 Å². The maximum atomic E-state index is 13.6. The molecule has 1 atom stereocenters. The molecule has 34 heavy (non-hydrogen) atoms. The average molecular weight is 481 g/mol. The van der Waals surface area contributed by atoms with Crippen LogP contribution in [0.5, 0.6) is 0 Å². The first-order chi connectivity index (χ1) is 16.5. The van der Waals surface area contributed by atoms with E-state index in [0.717, 1.165) is 25.7 Å². The summed E-state index contributed by atoms with van der Waals surface area (Å²) in [7, 11) is 0. The van der Waals surface area contributed by atoms with Crippen molar-refractivity contribution in [3.8, 4) is 0 Å². The Morgan fingerprint density at radius 1 is 1.09 bits per heavy atom. The third-order valence-corrected chi connectivity index (χ3v) is 5.98. The van der Waals surface area contributed by atoms with Crippen LogP contribution in [0, 0.1) is 0 Å². The van der Waals surface area contributed by atoms with E-state index in [4.69, 9.17) is 16.0 Å². The molecule has 1 aliphatic rings. The van der Waals surface area contributed by atoms with Crippen LogP contribution in [0.4, 0.5) is 5.69 Å². The van der Waals surface area contributed by atoms with Gasteiger partial charge in [0.05, 0.1) is 24.7 Å². The minimum absolute atomic E-state index is 0.0619. The predicted octanol–water partition coefficient (Wildman–Crippen LogP) is 3.89. The van der Waals surface area contributed by atoms with Gasteiger partial charge in [-0.05, 0) is 54.8 Å². The first kappa shape index (κ1) is 23.5. The summed E-state index contributed by atoms with van der Waals surface area (Å²) in [6, 6.07) is 12.4. The average Bonchev–Trinajstić information content (AvgIpc) is 3.57. The van der Waals surface area contributed by atoms with Gasteiger partial charge in [0, 0.05) is 17.3 Å². The molecular formula is C25H25ClN4O4. The Morgan fingerprint density at radius 3 is 2.50 bits per heavy atom. The summed E-state index contributed by atoms with van der Waals surface area (Å²) in [6.07, 6.45) is 8.39. The van der Waals surface area contributed by atoms with Crippen LogP contribution in [-0.4, -0.2) is 35.3 Å². The molecule has 0 saturated heterocycles. The van der Waals surface area contributed by atoms with Gasteiger partial charge in [0.25, 0.3) is 5.91 Å². The topological polar surface area (TPSA) is 105 Å². The number of hydrogen-bond acceptors (Lipinski definition) is 5. The van der Waals surface area contributed by atoms with Crippen LogP contribution in [0.1, 0.15) is 47.8 Å². The molecule has 2 heterocycles. The largest absolute Gasteiger partial charge is 0.459 e. The van der Waals surface area contributed by atoms with Gasteiger partial charge in [0.15, 0.2) is 5.76 Å². The van der Waals surface area contributed by atoms with Gasteiger partial charge in [-0.25, -0.2) is 0 Å². The molecule has 2 N–H and O–H groups in total. The summed E-state index contributed by atoms with van der Waals surface area (Å²) in [5, 5.41) is 6.18. The highest BCUT2D eigenvalue weighted by atomic mass is 35.5. The van der Waals surface area contributed by atoms with Gasteiger partial charge < -0.3 is 15.1 Å². The number of carbonyl (C=O) groups is 3. The number of nitrogens with zero attached hydrogens (tertiary/aromatic N) is 2. The van der Waals surface area contributed by atoms with Gasteiger partial charge >= 0.3 is 0 Å². The van der Waals surface area contributed by atoms with E-state index in [9.17, 15) is 14.4 Å². The van der Waals surface area contributed by atoms with E-state index in [1.54, 1.807) is 48.7 Å². The number of halogens is 1.